The molecule has 0 unspecified atom stereocenters. The maximum Gasteiger partial charge on any atom is 0.383 e. The molecule has 0 amide bonds. The van der Waals surface area contributed by atoms with Gasteiger partial charge >= 0.3 is 17.8 Å². The number of rotatable bonds is 0. The zero-order chi connectivity index (χ0) is 9.78. The van der Waals surface area contributed by atoms with E-state index in [1.165, 1.54) is 0 Å². The number of allylic oxidation sites excluding steroid dienone is 2. The van der Waals surface area contributed by atoms with Gasteiger partial charge in [0, 0.05) is 6.08 Å². The molecule has 0 aromatic carbocycles. The van der Waals surface area contributed by atoms with Gasteiger partial charge in [0.1, 0.15) is 0 Å². The molecule has 0 radical (unpaired) electrons. The van der Waals surface area contributed by atoms with Gasteiger partial charge in [-0.25, -0.2) is 0 Å². The van der Waals surface area contributed by atoms with Crippen LogP contribution in [0.2, 0.25) is 0 Å². The van der Waals surface area contributed by atoms with Gasteiger partial charge in [-0.1, -0.05) is 0 Å². The molecule has 0 aromatic rings. The highest BCUT2D eigenvalue weighted by Crippen LogP contribution is 2.54. The van der Waals surface area contributed by atoms with Crippen LogP contribution in [0.3, 0.4) is 0 Å². The van der Waals surface area contributed by atoms with E-state index in [0.29, 0.717) is 0 Å². The summed E-state index contributed by atoms with van der Waals surface area (Å²) in [4.78, 5) is 0. The van der Waals surface area contributed by atoms with Crippen LogP contribution >= 0.6 is 0 Å². The lowest BCUT2D eigenvalue weighted by Gasteiger charge is -2.23. The minimum Gasteiger partial charge on any atom is -0.506 e. The molecule has 0 saturated heterocycles. The largest absolute Gasteiger partial charge is 0.506 e. The average Bonchev–Trinajstić information content (AvgIpc) is 1.92. The molecule has 1 N–H and O–H groups in total. The van der Waals surface area contributed by atoms with Gasteiger partial charge in [-0.15, -0.1) is 0 Å². The monoisotopic (exact) mass is 192 g/mol. The molecule has 0 aliphatic heterocycles. The predicted octanol–water partition coefficient (Wildman–Crippen LogP) is 2.35. The predicted molar refractivity (Wildman–Crippen MR) is 25.6 cm³/mol. The first-order valence-electron chi connectivity index (χ1n) is 2.68. The fourth-order valence-corrected chi connectivity index (χ4v) is 0.723. The Morgan fingerprint density at radius 2 is 1.42 bits per heavy atom. The van der Waals surface area contributed by atoms with Gasteiger partial charge in [0.15, 0.2) is 5.76 Å². The Labute approximate surface area is 62.3 Å². The van der Waals surface area contributed by atoms with Crippen molar-refractivity contribution in [2.24, 2.45) is 0 Å². The van der Waals surface area contributed by atoms with Crippen molar-refractivity contribution in [1.82, 2.24) is 0 Å². The second-order valence-electron chi connectivity index (χ2n) is 2.30. The Kier molecular flexibility index (Phi) is 1.45. The Morgan fingerprint density at radius 3 is 1.50 bits per heavy atom. The van der Waals surface area contributed by atoms with Gasteiger partial charge in [-0.05, 0) is 0 Å². The highest BCUT2D eigenvalue weighted by molar-refractivity contribution is 5.27. The van der Waals surface area contributed by atoms with Gasteiger partial charge in [0.2, 0.25) is 0 Å². The highest BCUT2D eigenvalue weighted by Gasteiger charge is 2.77. The molecule has 0 aromatic heterocycles. The summed E-state index contributed by atoms with van der Waals surface area (Å²) in [7, 11) is 0. The number of aliphatic hydroxyl groups excluding tert-OH is 1. The summed E-state index contributed by atoms with van der Waals surface area (Å²) < 4.78 is 72.2. The number of aliphatic hydroxyl groups is 1. The van der Waals surface area contributed by atoms with Crippen LogP contribution in [-0.4, -0.2) is 22.9 Å². The number of halogens is 6. The molecule has 0 atom stereocenters. The second-order valence-corrected chi connectivity index (χ2v) is 2.30. The van der Waals surface area contributed by atoms with E-state index in [4.69, 9.17) is 5.11 Å². The summed E-state index contributed by atoms with van der Waals surface area (Å²) in [6.45, 7) is 0. The Bertz CT molecular complexity index is 242. The summed E-state index contributed by atoms with van der Waals surface area (Å²) in [5.41, 5.74) is 0. The fraction of sp³-hybridized carbons (Fsp3) is 0.600. The van der Waals surface area contributed by atoms with E-state index in [2.05, 4.69) is 0 Å². The molecule has 12 heavy (non-hydrogen) atoms. The van der Waals surface area contributed by atoms with Crippen molar-refractivity contribution in [2.75, 3.05) is 0 Å². The van der Waals surface area contributed by atoms with Gasteiger partial charge in [-0.2, -0.15) is 26.3 Å². The van der Waals surface area contributed by atoms with Crippen molar-refractivity contribution in [3.05, 3.63) is 11.8 Å². The minimum atomic E-state index is -5.55. The van der Waals surface area contributed by atoms with Crippen LogP contribution in [0.25, 0.3) is 0 Å². The van der Waals surface area contributed by atoms with Crippen LogP contribution in [0, 0.1) is 0 Å². The molecule has 0 saturated carbocycles. The lowest BCUT2D eigenvalue weighted by molar-refractivity contribution is -0.268. The second kappa shape index (κ2) is 1.89. The van der Waals surface area contributed by atoms with Gasteiger partial charge in [0.05, 0.1) is 0 Å². The van der Waals surface area contributed by atoms with Crippen LogP contribution in [0.15, 0.2) is 11.8 Å². The third-order valence-electron chi connectivity index (χ3n) is 1.45. The Morgan fingerprint density at radius 1 is 1.00 bits per heavy atom. The maximum atomic E-state index is 12.1. The first-order valence-corrected chi connectivity index (χ1v) is 2.68. The first kappa shape index (κ1) is 9.21. The van der Waals surface area contributed by atoms with Crippen LogP contribution in [0.4, 0.5) is 26.3 Å². The summed E-state index contributed by atoms with van der Waals surface area (Å²) >= 11 is 0. The van der Waals surface area contributed by atoms with Gasteiger partial charge < -0.3 is 5.11 Å². The van der Waals surface area contributed by atoms with E-state index in [9.17, 15) is 26.3 Å². The highest BCUT2D eigenvalue weighted by atomic mass is 19.3. The first-order chi connectivity index (χ1) is 5.13. The summed E-state index contributed by atoms with van der Waals surface area (Å²) in [5, 5.41) is 8.08. The third kappa shape index (κ3) is 0.760. The number of alkyl halides is 6. The van der Waals surface area contributed by atoms with Crippen molar-refractivity contribution in [3.8, 4) is 0 Å². The zero-order valence-electron chi connectivity index (χ0n) is 5.29. The fourth-order valence-electron chi connectivity index (χ4n) is 0.723. The Balaban J connectivity index is 3.22. The molecule has 1 nitrogen and oxygen atoms in total. The smallest absolute Gasteiger partial charge is 0.383 e. The molecule has 0 bridgehead atoms. The molecule has 0 fully saturated rings. The molecule has 1 aliphatic carbocycles. The molecule has 7 heteroatoms. The molecule has 1 rings (SSSR count). The van der Waals surface area contributed by atoms with E-state index in [-0.39, 0.29) is 0 Å². The van der Waals surface area contributed by atoms with E-state index in [1.54, 1.807) is 0 Å². The van der Waals surface area contributed by atoms with Crippen LogP contribution in [0.5, 0.6) is 0 Å². The van der Waals surface area contributed by atoms with Crippen molar-refractivity contribution < 1.29 is 31.4 Å². The van der Waals surface area contributed by atoms with E-state index in [1.807, 2.05) is 0 Å². The topological polar surface area (TPSA) is 20.2 Å². The van der Waals surface area contributed by atoms with Crippen molar-refractivity contribution >= 4 is 0 Å². The van der Waals surface area contributed by atoms with E-state index < -0.39 is 29.6 Å². The van der Waals surface area contributed by atoms with Crippen molar-refractivity contribution in [1.29, 1.82) is 0 Å². The lowest BCUT2D eigenvalue weighted by Crippen LogP contribution is -2.48. The van der Waals surface area contributed by atoms with E-state index in [0.717, 1.165) is 0 Å². The lowest BCUT2D eigenvalue weighted by atomic mass is 10.2. The van der Waals surface area contributed by atoms with Crippen LogP contribution in [0.1, 0.15) is 0 Å². The summed E-state index contributed by atoms with van der Waals surface area (Å²) in [5.74, 6) is -18.0. The van der Waals surface area contributed by atoms with Crippen molar-refractivity contribution in [3.63, 3.8) is 0 Å². The van der Waals surface area contributed by atoms with E-state index >= 15 is 0 Å². The number of hydrogen-bond donors (Lipinski definition) is 1. The molecule has 0 heterocycles. The molecular weight excluding hydrogens is 190 g/mol. The quantitative estimate of drug-likeness (QED) is 0.584. The number of hydrogen-bond acceptors (Lipinski definition) is 1. The maximum absolute atomic E-state index is 12.1. The van der Waals surface area contributed by atoms with Crippen LogP contribution in [-0.2, 0) is 0 Å². The molecule has 70 valence electrons. The summed E-state index contributed by atoms with van der Waals surface area (Å²) in [6.07, 6.45) is -0.840. The molecular formula is C5H2F6O. The van der Waals surface area contributed by atoms with Crippen LogP contribution < -0.4 is 0 Å². The molecule has 1 aliphatic rings. The minimum absolute atomic E-state index is 0.840. The average molecular weight is 192 g/mol. The Hall–Kier alpha value is -0.880. The normalized spacial score (nSPS) is 30.0. The SMILES string of the molecule is OC1=CC(F)(F)C(F)(F)C1(F)F. The van der Waals surface area contributed by atoms with Gasteiger partial charge in [-0.3, -0.25) is 0 Å². The third-order valence-corrected chi connectivity index (χ3v) is 1.45. The standard InChI is InChI=1S/C5H2F6O/c6-3(7)1-2(12)4(8,9)5(3,10)11/h1,12H. The summed E-state index contributed by atoms with van der Waals surface area (Å²) in [6, 6.07) is 0. The van der Waals surface area contributed by atoms with Gasteiger partial charge in [0.25, 0.3) is 0 Å². The molecule has 0 spiro atoms. The van der Waals surface area contributed by atoms with Crippen molar-refractivity contribution in [2.45, 2.75) is 17.8 Å². The zero-order valence-corrected chi connectivity index (χ0v) is 5.29.